The molecule has 4 heteroatoms. The molecule has 0 aromatic heterocycles. The maximum absolute atomic E-state index is 9.87. The topological polar surface area (TPSA) is 41.5 Å². The molecule has 4 nitrogen and oxygen atoms in total. The van der Waals surface area contributed by atoms with Crippen molar-refractivity contribution < 1.29 is 9.84 Å². The molecule has 0 spiro atoms. The summed E-state index contributed by atoms with van der Waals surface area (Å²) >= 11 is 0. The third kappa shape index (κ3) is 4.64. The van der Waals surface area contributed by atoms with E-state index in [4.69, 9.17) is 4.74 Å². The number of aliphatic hydroxyl groups is 1. The molecule has 2 aromatic rings. The zero-order valence-corrected chi connectivity index (χ0v) is 15.7. The SMILES string of the molecule is CCC(O)c1ccc(OCCC[N+]2(c3ccccc3)CCNCC2)cc1. The number of aliphatic hydroxyl groups excluding tert-OH is 1. The van der Waals surface area contributed by atoms with Gasteiger partial charge in [-0.3, -0.25) is 4.48 Å². The lowest BCUT2D eigenvalue weighted by Gasteiger charge is -2.41. The summed E-state index contributed by atoms with van der Waals surface area (Å²) in [6.07, 6.45) is 1.37. The second-order valence-corrected chi connectivity index (χ2v) is 7.10. The maximum Gasteiger partial charge on any atom is 0.132 e. The van der Waals surface area contributed by atoms with E-state index in [2.05, 4.69) is 35.6 Å². The van der Waals surface area contributed by atoms with E-state index in [0.717, 1.165) is 68.0 Å². The summed E-state index contributed by atoms with van der Waals surface area (Å²) in [5.41, 5.74) is 2.36. The van der Waals surface area contributed by atoms with Crippen LogP contribution in [0.4, 0.5) is 5.69 Å². The van der Waals surface area contributed by atoms with Crippen LogP contribution in [0.3, 0.4) is 0 Å². The van der Waals surface area contributed by atoms with Gasteiger partial charge in [0.25, 0.3) is 0 Å². The molecule has 1 aliphatic heterocycles. The Balaban J connectivity index is 1.54. The average molecular weight is 356 g/mol. The Kier molecular flexibility index (Phi) is 6.67. The van der Waals surface area contributed by atoms with E-state index in [-0.39, 0.29) is 6.10 Å². The molecule has 2 aromatic carbocycles. The van der Waals surface area contributed by atoms with E-state index in [1.165, 1.54) is 5.69 Å². The second kappa shape index (κ2) is 9.17. The van der Waals surface area contributed by atoms with Crippen LogP contribution in [-0.4, -0.2) is 44.4 Å². The summed E-state index contributed by atoms with van der Waals surface area (Å²) in [6, 6.07) is 18.7. The van der Waals surface area contributed by atoms with E-state index in [9.17, 15) is 5.11 Å². The standard InChI is InChI=1S/C22H31N2O2/c1-2-22(25)19-9-11-21(12-10-19)26-18-6-15-24(16-13-23-14-17-24)20-7-4-3-5-8-20/h3-5,7-12,22-23,25H,2,6,13-18H2,1H3/q+1. The smallest absolute Gasteiger partial charge is 0.132 e. The van der Waals surface area contributed by atoms with E-state index in [1.807, 2.05) is 31.2 Å². The highest BCUT2D eigenvalue weighted by atomic mass is 16.5. The number of nitrogens with zero attached hydrogens (tertiary/aromatic N) is 1. The quantitative estimate of drug-likeness (QED) is 0.562. The first-order valence-electron chi connectivity index (χ1n) is 9.77. The fraction of sp³-hybridized carbons (Fsp3) is 0.455. The summed E-state index contributed by atoms with van der Waals surface area (Å²) in [7, 11) is 0. The van der Waals surface area contributed by atoms with Gasteiger partial charge in [0.05, 0.1) is 32.3 Å². The van der Waals surface area contributed by atoms with Crippen LogP contribution in [0.2, 0.25) is 0 Å². The number of ether oxygens (including phenoxy) is 1. The van der Waals surface area contributed by atoms with Crippen LogP contribution in [0, 0.1) is 0 Å². The van der Waals surface area contributed by atoms with Crippen molar-refractivity contribution in [3.63, 3.8) is 0 Å². The molecule has 0 radical (unpaired) electrons. The van der Waals surface area contributed by atoms with Crippen molar-refractivity contribution in [2.45, 2.75) is 25.9 Å². The Hall–Kier alpha value is -1.88. The number of rotatable bonds is 8. The van der Waals surface area contributed by atoms with Crippen molar-refractivity contribution >= 4 is 5.69 Å². The number of piperazine rings is 1. The maximum atomic E-state index is 9.87. The van der Waals surface area contributed by atoms with Gasteiger partial charge >= 0.3 is 0 Å². The third-order valence-electron chi connectivity index (χ3n) is 5.39. The van der Waals surface area contributed by atoms with Crippen molar-refractivity contribution in [1.82, 2.24) is 9.80 Å². The number of nitrogens with one attached hydrogen (secondary N) is 1. The first kappa shape index (κ1) is 18.9. The molecule has 0 saturated carbocycles. The minimum absolute atomic E-state index is 0.382. The number of para-hydroxylation sites is 1. The Morgan fingerprint density at radius 3 is 2.38 bits per heavy atom. The molecule has 2 N–H and O–H groups in total. The molecule has 140 valence electrons. The fourth-order valence-corrected chi connectivity index (χ4v) is 3.76. The van der Waals surface area contributed by atoms with Crippen LogP contribution in [0.1, 0.15) is 31.4 Å². The number of benzene rings is 2. The molecule has 1 atom stereocenters. The highest BCUT2D eigenvalue weighted by Crippen LogP contribution is 2.24. The van der Waals surface area contributed by atoms with Gasteiger partial charge in [0, 0.05) is 19.5 Å². The largest absolute Gasteiger partial charge is 0.493 e. The van der Waals surface area contributed by atoms with E-state index < -0.39 is 0 Å². The van der Waals surface area contributed by atoms with Crippen molar-refractivity contribution in [1.29, 1.82) is 0 Å². The van der Waals surface area contributed by atoms with Crippen molar-refractivity contribution in [2.24, 2.45) is 0 Å². The lowest BCUT2D eigenvalue weighted by molar-refractivity contribution is 0.173. The first-order chi connectivity index (χ1) is 12.7. The normalized spacial score (nSPS) is 17.6. The Labute approximate surface area is 157 Å². The molecule has 0 amide bonds. The van der Waals surface area contributed by atoms with Gasteiger partial charge < -0.3 is 15.2 Å². The van der Waals surface area contributed by atoms with Crippen LogP contribution in [0.5, 0.6) is 5.75 Å². The van der Waals surface area contributed by atoms with Gasteiger partial charge in [-0.25, -0.2) is 0 Å². The number of quaternary nitrogens is 1. The minimum atomic E-state index is -0.382. The molecular formula is C22H31N2O2+. The van der Waals surface area contributed by atoms with Gasteiger partial charge in [-0.15, -0.1) is 0 Å². The van der Waals surface area contributed by atoms with Gasteiger partial charge in [0.15, 0.2) is 0 Å². The fourth-order valence-electron chi connectivity index (χ4n) is 3.76. The highest BCUT2D eigenvalue weighted by Gasteiger charge is 2.31. The van der Waals surface area contributed by atoms with Crippen molar-refractivity contribution in [2.75, 3.05) is 39.3 Å². The zero-order chi connectivity index (χ0) is 18.2. The highest BCUT2D eigenvalue weighted by molar-refractivity contribution is 5.43. The monoisotopic (exact) mass is 355 g/mol. The summed E-state index contributed by atoms with van der Waals surface area (Å²) in [5, 5.41) is 13.3. The lowest BCUT2D eigenvalue weighted by Crippen LogP contribution is -2.60. The van der Waals surface area contributed by atoms with E-state index >= 15 is 0 Å². The van der Waals surface area contributed by atoms with Gasteiger partial charge in [-0.05, 0) is 36.2 Å². The van der Waals surface area contributed by atoms with Crippen molar-refractivity contribution in [3.8, 4) is 5.75 Å². The van der Waals surface area contributed by atoms with Crippen LogP contribution >= 0.6 is 0 Å². The predicted molar refractivity (Wildman–Crippen MR) is 108 cm³/mol. The van der Waals surface area contributed by atoms with Crippen LogP contribution in [-0.2, 0) is 0 Å². The van der Waals surface area contributed by atoms with Crippen LogP contribution in [0.25, 0.3) is 0 Å². The summed E-state index contributed by atoms with van der Waals surface area (Å²) in [6.45, 7) is 8.19. The lowest BCUT2D eigenvalue weighted by atomic mass is 10.1. The predicted octanol–water partition coefficient (Wildman–Crippen LogP) is 3.51. The molecule has 3 rings (SSSR count). The zero-order valence-electron chi connectivity index (χ0n) is 15.7. The molecular weight excluding hydrogens is 324 g/mol. The molecule has 1 aliphatic rings. The summed E-state index contributed by atoms with van der Waals surface area (Å²) < 4.78 is 6.98. The molecule has 0 bridgehead atoms. The Morgan fingerprint density at radius 2 is 1.73 bits per heavy atom. The second-order valence-electron chi connectivity index (χ2n) is 7.10. The van der Waals surface area contributed by atoms with Crippen LogP contribution < -0.4 is 14.5 Å². The molecule has 0 aliphatic carbocycles. The Morgan fingerprint density at radius 1 is 1.04 bits per heavy atom. The molecule has 1 fully saturated rings. The van der Waals surface area contributed by atoms with Crippen LogP contribution in [0.15, 0.2) is 54.6 Å². The van der Waals surface area contributed by atoms with Crippen molar-refractivity contribution in [3.05, 3.63) is 60.2 Å². The molecule has 1 heterocycles. The molecule has 26 heavy (non-hydrogen) atoms. The number of hydrogen-bond donors (Lipinski definition) is 2. The van der Waals surface area contributed by atoms with Gasteiger partial charge in [0.2, 0.25) is 0 Å². The molecule has 1 saturated heterocycles. The van der Waals surface area contributed by atoms with E-state index in [0.29, 0.717) is 0 Å². The first-order valence-corrected chi connectivity index (χ1v) is 9.77. The van der Waals surface area contributed by atoms with E-state index in [1.54, 1.807) is 0 Å². The third-order valence-corrected chi connectivity index (χ3v) is 5.39. The minimum Gasteiger partial charge on any atom is -0.493 e. The average Bonchev–Trinajstić information content (AvgIpc) is 2.72. The molecule has 1 unspecified atom stereocenters. The van der Waals surface area contributed by atoms with Gasteiger partial charge in [0.1, 0.15) is 11.4 Å². The number of hydrogen-bond acceptors (Lipinski definition) is 3. The van der Waals surface area contributed by atoms with Gasteiger partial charge in [-0.1, -0.05) is 37.3 Å². The van der Waals surface area contributed by atoms with Gasteiger partial charge in [-0.2, -0.15) is 0 Å². The summed E-state index contributed by atoms with van der Waals surface area (Å²) in [4.78, 5) is 0. The Bertz CT molecular complexity index is 652. The summed E-state index contributed by atoms with van der Waals surface area (Å²) in [5.74, 6) is 0.878.